The number of amides is 2. The highest BCUT2D eigenvalue weighted by atomic mass is 32.2. The molecule has 0 radical (unpaired) electrons. The number of aryl methyl sites for hydroxylation is 1. The largest absolute Gasteiger partial charge is 0.461 e. The van der Waals surface area contributed by atoms with Gasteiger partial charge in [-0.3, -0.25) is 9.59 Å². The number of unbranched alkanes of at least 4 members (excludes halogenated alkanes) is 1. The molecule has 3 rings (SSSR count). The first-order valence-corrected chi connectivity index (χ1v) is 13.4. The molecule has 0 fully saturated rings. The zero-order chi connectivity index (χ0) is 26.7. The average Bonchev–Trinajstić information content (AvgIpc) is 2.92. The van der Waals surface area contributed by atoms with Gasteiger partial charge in [-0.2, -0.15) is 0 Å². The van der Waals surface area contributed by atoms with Crippen molar-refractivity contribution < 1.29 is 27.5 Å². The molecule has 10 heteroatoms. The van der Waals surface area contributed by atoms with Gasteiger partial charge in [-0.1, -0.05) is 43.3 Å². The topological polar surface area (TPSA) is 132 Å². The Hall–Kier alpha value is -4.05. The summed E-state index contributed by atoms with van der Waals surface area (Å²) in [5.41, 5.74) is 1.34. The Morgan fingerprint density at radius 1 is 0.892 bits per heavy atom. The van der Waals surface area contributed by atoms with E-state index in [-0.39, 0.29) is 28.3 Å². The van der Waals surface area contributed by atoms with Crippen molar-refractivity contribution in [3.8, 4) is 0 Å². The Morgan fingerprint density at radius 3 is 2.38 bits per heavy atom. The van der Waals surface area contributed by atoms with Crippen LogP contribution < -0.4 is 10.0 Å². The summed E-state index contributed by atoms with van der Waals surface area (Å²) in [5.74, 6) is -1.96. The minimum Gasteiger partial charge on any atom is -0.461 e. The molecule has 194 valence electrons. The fourth-order valence-corrected chi connectivity index (χ4v) is 4.38. The van der Waals surface area contributed by atoms with E-state index in [1.807, 2.05) is 29.8 Å². The smallest absolute Gasteiger partial charge is 0.356 e. The number of rotatable bonds is 12. The second-order valence-electron chi connectivity index (χ2n) is 8.23. The molecule has 37 heavy (non-hydrogen) atoms. The molecule has 2 aromatic carbocycles. The van der Waals surface area contributed by atoms with E-state index in [0.29, 0.717) is 13.0 Å². The van der Waals surface area contributed by atoms with Crippen molar-refractivity contribution >= 4 is 27.8 Å². The molecule has 0 aliphatic carbocycles. The van der Waals surface area contributed by atoms with Gasteiger partial charge in [-0.25, -0.2) is 22.9 Å². The lowest BCUT2D eigenvalue weighted by molar-refractivity contribution is 0.0497. The van der Waals surface area contributed by atoms with Crippen LogP contribution in [0.15, 0.2) is 77.8 Å². The van der Waals surface area contributed by atoms with E-state index in [2.05, 4.69) is 22.4 Å². The second kappa shape index (κ2) is 13.3. The van der Waals surface area contributed by atoms with E-state index in [0.717, 1.165) is 25.5 Å². The first kappa shape index (κ1) is 27.5. The molecule has 0 unspecified atom stereocenters. The van der Waals surface area contributed by atoms with Crippen LogP contribution in [0.2, 0.25) is 0 Å². The maximum atomic E-state index is 12.8. The molecule has 0 aliphatic rings. The van der Waals surface area contributed by atoms with E-state index in [4.69, 9.17) is 4.74 Å². The molecule has 2 amide bonds. The van der Waals surface area contributed by atoms with Crippen molar-refractivity contribution in [3.05, 3.63) is 95.3 Å². The van der Waals surface area contributed by atoms with Crippen LogP contribution >= 0.6 is 0 Å². The molecule has 0 saturated heterocycles. The number of esters is 1. The lowest BCUT2D eigenvalue weighted by Crippen LogP contribution is -2.31. The molecule has 0 saturated carbocycles. The van der Waals surface area contributed by atoms with Crippen LogP contribution in [-0.2, 0) is 21.2 Å². The summed E-state index contributed by atoms with van der Waals surface area (Å²) in [6.07, 6.45) is 4.33. The van der Waals surface area contributed by atoms with E-state index in [1.54, 1.807) is 0 Å². The number of hydrogen-bond acceptors (Lipinski definition) is 7. The number of ether oxygens (including phenoxy) is 1. The molecule has 1 heterocycles. The van der Waals surface area contributed by atoms with Crippen LogP contribution in [0.1, 0.15) is 63.0 Å². The first-order valence-electron chi connectivity index (χ1n) is 11.9. The van der Waals surface area contributed by atoms with Crippen LogP contribution in [0.4, 0.5) is 0 Å². The standard InChI is InChI=1S/C27H29N3O6S/c1-2-17-36-27(33)24-15-14-22(19-29-24)26(32)30-37(34,35)23-13-8-12-21(18-23)25(31)28-16-7-6-11-20-9-4-3-5-10-20/h3-5,8-10,12-15,18-19H,2,6-7,11,16-17H2,1H3,(H,28,31)(H,30,32). The maximum absolute atomic E-state index is 12.8. The zero-order valence-corrected chi connectivity index (χ0v) is 21.3. The quantitative estimate of drug-likeness (QED) is 0.274. The zero-order valence-electron chi connectivity index (χ0n) is 20.5. The number of nitrogens with zero attached hydrogens (tertiary/aromatic N) is 1. The number of hydrogen-bond donors (Lipinski definition) is 2. The van der Waals surface area contributed by atoms with Crippen molar-refractivity contribution in [2.75, 3.05) is 13.2 Å². The van der Waals surface area contributed by atoms with Gasteiger partial charge in [0.1, 0.15) is 5.69 Å². The van der Waals surface area contributed by atoms with Crippen LogP contribution in [0.3, 0.4) is 0 Å². The van der Waals surface area contributed by atoms with E-state index in [1.165, 1.54) is 42.0 Å². The van der Waals surface area contributed by atoms with Crippen LogP contribution in [-0.4, -0.2) is 44.3 Å². The SMILES string of the molecule is CCCOC(=O)c1ccc(C(=O)NS(=O)(=O)c2cccc(C(=O)NCCCCc3ccccc3)c2)cn1. The molecule has 2 N–H and O–H groups in total. The number of aromatic nitrogens is 1. The van der Waals surface area contributed by atoms with E-state index >= 15 is 0 Å². The van der Waals surface area contributed by atoms with Crippen LogP contribution in [0.25, 0.3) is 0 Å². The molecule has 0 spiro atoms. The summed E-state index contributed by atoms with van der Waals surface area (Å²) in [6, 6.07) is 18.0. The number of nitrogens with one attached hydrogen (secondary N) is 2. The third-order valence-electron chi connectivity index (χ3n) is 5.33. The van der Waals surface area contributed by atoms with Crippen molar-refractivity contribution in [3.63, 3.8) is 0 Å². The van der Waals surface area contributed by atoms with Gasteiger partial charge in [-0.15, -0.1) is 0 Å². The van der Waals surface area contributed by atoms with E-state index < -0.39 is 27.8 Å². The van der Waals surface area contributed by atoms with Crippen molar-refractivity contribution in [2.45, 2.75) is 37.5 Å². The van der Waals surface area contributed by atoms with Gasteiger partial charge in [0.2, 0.25) is 0 Å². The van der Waals surface area contributed by atoms with Crippen LogP contribution in [0.5, 0.6) is 0 Å². The highest BCUT2D eigenvalue weighted by Gasteiger charge is 2.21. The van der Waals surface area contributed by atoms with Gasteiger partial charge in [0, 0.05) is 18.3 Å². The van der Waals surface area contributed by atoms with Crippen molar-refractivity contribution in [2.24, 2.45) is 0 Å². The summed E-state index contributed by atoms with van der Waals surface area (Å²) in [4.78, 5) is 40.5. The van der Waals surface area contributed by atoms with Gasteiger partial charge in [0.05, 0.1) is 17.1 Å². The fourth-order valence-electron chi connectivity index (χ4n) is 3.36. The Kier molecular flexibility index (Phi) is 9.91. The third-order valence-corrected chi connectivity index (χ3v) is 6.65. The first-order chi connectivity index (χ1) is 17.8. The summed E-state index contributed by atoms with van der Waals surface area (Å²) < 4.78 is 32.4. The normalized spacial score (nSPS) is 10.9. The Balaban J connectivity index is 1.55. The predicted octanol–water partition coefficient (Wildman–Crippen LogP) is 3.52. The molecule has 9 nitrogen and oxygen atoms in total. The maximum Gasteiger partial charge on any atom is 0.356 e. The Labute approximate surface area is 216 Å². The number of sulfonamides is 1. The van der Waals surface area contributed by atoms with Crippen molar-refractivity contribution in [1.29, 1.82) is 0 Å². The molecular formula is C27H29N3O6S. The lowest BCUT2D eigenvalue weighted by atomic mass is 10.1. The van der Waals surface area contributed by atoms with Crippen LogP contribution in [0, 0.1) is 0 Å². The second-order valence-corrected chi connectivity index (χ2v) is 9.91. The number of pyridine rings is 1. The average molecular weight is 524 g/mol. The fraction of sp³-hybridized carbons (Fsp3) is 0.259. The summed E-state index contributed by atoms with van der Waals surface area (Å²) >= 11 is 0. The molecular weight excluding hydrogens is 494 g/mol. The van der Waals surface area contributed by atoms with E-state index in [9.17, 15) is 22.8 Å². The minimum atomic E-state index is -4.26. The summed E-state index contributed by atoms with van der Waals surface area (Å²) in [5, 5.41) is 2.79. The molecule has 0 bridgehead atoms. The highest BCUT2D eigenvalue weighted by Crippen LogP contribution is 2.13. The van der Waals surface area contributed by atoms with Crippen molar-refractivity contribution in [1.82, 2.24) is 15.0 Å². The Morgan fingerprint density at radius 2 is 1.68 bits per heavy atom. The molecule has 3 aromatic rings. The molecule has 0 aliphatic heterocycles. The van der Waals surface area contributed by atoms with Gasteiger partial charge >= 0.3 is 5.97 Å². The molecule has 1 aromatic heterocycles. The minimum absolute atomic E-state index is 0.00614. The Bertz CT molecular complexity index is 1330. The molecule has 0 atom stereocenters. The predicted molar refractivity (Wildman–Crippen MR) is 138 cm³/mol. The highest BCUT2D eigenvalue weighted by molar-refractivity contribution is 7.90. The number of benzene rings is 2. The number of carbonyl (C=O) groups excluding carboxylic acids is 3. The van der Waals surface area contributed by atoms with Gasteiger partial charge in [0.15, 0.2) is 0 Å². The monoisotopic (exact) mass is 523 g/mol. The number of carbonyl (C=O) groups is 3. The van der Waals surface area contributed by atoms with Gasteiger partial charge < -0.3 is 10.1 Å². The third kappa shape index (κ3) is 8.25. The summed E-state index contributed by atoms with van der Waals surface area (Å²) in [6.45, 7) is 2.55. The van der Waals surface area contributed by atoms with Gasteiger partial charge in [-0.05, 0) is 61.6 Å². The lowest BCUT2D eigenvalue weighted by Gasteiger charge is -2.09. The summed E-state index contributed by atoms with van der Waals surface area (Å²) in [7, 11) is -4.26. The van der Waals surface area contributed by atoms with Gasteiger partial charge in [0.25, 0.3) is 21.8 Å².